The Bertz CT molecular complexity index is 695. The quantitative estimate of drug-likeness (QED) is 0.428. The normalized spacial score (nSPS) is 9.60. The summed E-state index contributed by atoms with van der Waals surface area (Å²) in [5.74, 6) is 5.00. The second-order valence-electron chi connectivity index (χ2n) is 3.60. The van der Waals surface area contributed by atoms with Crippen LogP contribution in [0, 0.1) is 21.4 Å². The molecular weight excluding hydrogens is 262 g/mol. The van der Waals surface area contributed by atoms with E-state index in [0.29, 0.717) is 11.3 Å². The van der Waals surface area contributed by atoms with Gasteiger partial charge in [0.15, 0.2) is 0 Å². The van der Waals surface area contributed by atoms with Crippen LogP contribution in [0.4, 0.5) is 23.0 Å². The van der Waals surface area contributed by atoms with Gasteiger partial charge in [-0.05, 0) is 12.1 Å². The molecule has 0 aliphatic carbocycles. The molecule has 1 aromatic carbocycles. The second-order valence-corrected chi connectivity index (χ2v) is 3.60. The number of nitriles is 1. The Balaban J connectivity index is 2.49. The summed E-state index contributed by atoms with van der Waals surface area (Å²) in [6.45, 7) is 0. The average molecular weight is 271 g/mol. The third kappa shape index (κ3) is 2.45. The highest BCUT2D eigenvalue weighted by Gasteiger charge is 2.22. The van der Waals surface area contributed by atoms with E-state index in [1.165, 1.54) is 0 Å². The molecule has 0 saturated heterocycles. The van der Waals surface area contributed by atoms with Crippen molar-refractivity contribution in [3.63, 3.8) is 0 Å². The molecule has 2 rings (SSSR count). The summed E-state index contributed by atoms with van der Waals surface area (Å²) < 4.78 is 0. The van der Waals surface area contributed by atoms with Crippen LogP contribution in [0.3, 0.4) is 0 Å². The number of nitrogens with one attached hydrogen (secondary N) is 2. The van der Waals surface area contributed by atoms with E-state index in [2.05, 4.69) is 20.7 Å². The number of nitrogens with zero attached hydrogens (tertiary/aromatic N) is 4. The molecule has 0 spiro atoms. The predicted octanol–water partition coefficient (Wildman–Crippen LogP) is 1.29. The maximum absolute atomic E-state index is 11.1. The third-order valence-electron chi connectivity index (χ3n) is 2.44. The fourth-order valence-electron chi connectivity index (χ4n) is 1.57. The first kappa shape index (κ1) is 13.2. The number of benzene rings is 1. The van der Waals surface area contributed by atoms with Gasteiger partial charge in [-0.25, -0.2) is 15.8 Å². The average Bonchev–Trinajstić information content (AvgIpc) is 2.47. The highest BCUT2D eigenvalue weighted by atomic mass is 16.6. The molecule has 0 aliphatic rings. The van der Waals surface area contributed by atoms with E-state index in [9.17, 15) is 10.1 Å². The van der Waals surface area contributed by atoms with E-state index in [-0.39, 0.29) is 11.6 Å². The van der Waals surface area contributed by atoms with Gasteiger partial charge in [0.05, 0.1) is 16.2 Å². The van der Waals surface area contributed by atoms with Crippen molar-refractivity contribution in [3.8, 4) is 6.07 Å². The Hall–Kier alpha value is -3.25. The summed E-state index contributed by atoms with van der Waals surface area (Å²) in [5.41, 5.74) is 2.47. The molecule has 100 valence electrons. The second kappa shape index (κ2) is 5.59. The standard InChI is InChI=1S/C11H9N7O2/c12-5-7-3-1-2-4-8(7)16-10-9(18(19)20)11(17-13)15-6-14-10/h1-4,6H,13H2,(H2,14,15,16,17). The molecule has 0 saturated carbocycles. The van der Waals surface area contributed by atoms with Crippen molar-refractivity contribution >= 4 is 23.0 Å². The van der Waals surface area contributed by atoms with Crippen molar-refractivity contribution in [2.75, 3.05) is 10.7 Å². The first-order valence-corrected chi connectivity index (χ1v) is 5.39. The van der Waals surface area contributed by atoms with Gasteiger partial charge >= 0.3 is 5.69 Å². The molecule has 0 amide bonds. The zero-order valence-electron chi connectivity index (χ0n) is 10.1. The summed E-state index contributed by atoms with van der Waals surface area (Å²) >= 11 is 0. The van der Waals surface area contributed by atoms with Crippen molar-refractivity contribution in [2.45, 2.75) is 0 Å². The lowest BCUT2D eigenvalue weighted by Crippen LogP contribution is -2.13. The molecule has 20 heavy (non-hydrogen) atoms. The largest absolute Gasteiger partial charge is 0.354 e. The van der Waals surface area contributed by atoms with Gasteiger partial charge in [-0.1, -0.05) is 12.1 Å². The summed E-state index contributed by atoms with van der Waals surface area (Å²) in [5, 5.41) is 22.8. The van der Waals surface area contributed by atoms with Crippen molar-refractivity contribution in [3.05, 3.63) is 46.3 Å². The smallest absolute Gasteiger partial charge is 0.333 e. The Morgan fingerprint density at radius 2 is 2.00 bits per heavy atom. The summed E-state index contributed by atoms with van der Waals surface area (Å²) in [4.78, 5) is 17.9. The van der Waals surface area contributed by atoms with E-state index in [1.807, 2.05) is 6.07 Å². The van der Waals surface area contributed by atoms with Gasteiger partial charge in [0.2, 0.25) is 11.6 Å². The van der Waals surface area contributed by atoms with E-state index in [1.54, 1.807) is 24.3 Å². The highest BCUT2D eigenvalue weighted by Crippen LogP contribution is 2.31. The first-order valence-electron chi connectivity index (χ1n) is 5.39. The molecular formula is C11H9N7O2. The zero-order chi connectivity index (χ0) is 14.5. The van der Waals surface area contributed by atoms with Crippen molar-refractivity contribution in [1.29, 1.82) is 5.26 Å². The van der Waals surface area contributed by atoms with Gasteiger partial charge in [-0.15, -0.1) is 0 Å². The van der Waals surface area contributed by atoms with Crippen LogP contribution in [0.1, 0.15) is 5.56 Å². The predicted molar refractivity (Wildman–Crippen MR) is 70.9 cm³/mol. The van der Waals surface area contributed by atoms with Gasteiger partial charge in [-0.2, -0.15) is 5.26 Å². The minimum atomic E-state index is -0.660. The lowest BCUT2D eigenvalue weighted by Gasteiger charge is -2.09. The van der Waals surface area contributed by atoms with Gasteiger partial charge < -0.3 is 10.7 Å². The number of hydrazine groups is 1. The lowest BCUT2D eigenvalue weighted by molar-refractivity contribution is -0.383. The summed E-state index contributed by atoms with van der Waals surface area (Å²) in [6.07, 6.45) is 1.12. The number of rotatable bonds is 4. The van der Waals surface area contributed by atoms with E-state index in [4.69, 9.17) is 11.1 Å². The Morgan fingerprint density at radius 1 is 1.30 bits per heavy atom. The molecule has 4 N–H and O–H groups in total. The van der Waals surface area contributed by atoms with E-state index >= 15 is 0 Å². The molecule has 0 atom stereocenters. The monoisotopic (exact) mass is 271 g/mol. The van der Waals surface area contributed by atoms with Crippen molar-refractivity contribution < 1.29 is 4.92 Å². The molecule has 1 heterocycles. The Labute approximate surface area is 113 Å². The summed E-state index contributed by atoms with van der Waals surface area (Å²) in [6, 6.07) is 8.55. The Kier molecular flexibility index (Phi) is 3.69. The van der Waals surface area contributed by atoms with Crippen molar-refractivity contribution in [1.82, 2.24) is 9.97 Å². The number of aromatic nitrogens is 2. The number of hydrogen-bond donors (Lipinski definition) is 3. The van der Waals surface area contributed by atoms with Gasteiger partial charge in [-0.3, -0.25) is 10.1 Å². The van der Waals surface area contributed by atoms with Crippen LogP contribution in [0.25, 0.3) is 0 Å². The molecule has 9 heteroatoms. The van der Waals surface area contributed by atoms with Crippen LogP contribution >= 0.6 is 0 Å². The highest BCUT2D eigenvalue weighted by molar-refractivity contribution is 5.75. The molecule has 0 bridgehead atoms. The van der Waals surface area contributed by atoms with Crippen LogP contribution in [0.5, 0.6) is 0 Å². The van der Waals surface area contributed by atoms with Gasteiger partial charge in [0, 0.05) is 0 Å². The summed E-state index contributed by atoms with van der Waals surface area (Å²) in [7, 11) is 0. The van der Waals surface area contributed by atoms with E-state index in [0.717, 1.165) is 6.33 Å². The van der Waals surface area contributed by atoms with E-state index < -0.39 is 10.6 Å². The fourth-order valence-corrected chi connectivity index (χ4v) is 1.57. The SMILES string of the molecule is N#Cc1ccccc1Nc1ncnc(NN)c1[N+](=O)[O-]. The molecule has 1 aromatic heterocycles. The van der Waals surface area contributed by atoms with Crippen LogP contribution in [0.2, 0.25) is 0 Å². The number of hydrogen-bond acceptors (Lipinski definition) is 8. The van der Waals surface area contributed by atoms with Crippen LogP contribution in [-0.4, -0.2) is 14.9 Å². The van der Waals surface area contributed by atoms with Crippen LogP contribution in [-0.2, 0) is 0 Å². The molecule has 0 unspecified atom stereocenters. The topological polar surface area (TPSA) is 143 Å². The fraction of sp³-hybridized carbons (Fsp3) is 0. The van der Waals surface area contributed by atoms with Gasteiger partial charge in [0.25, 0.3) is 0 Å². The molecule has 9 nitrogen and oxygen atoms in total. The third-order valence-corrected chi connectivity index (χ3v) is 2.44. The zero-order valence-corrected chi connectivity index (χ0v) is 10.1. The van der Waals surface area contributed by atoms with Gasteiger partial charge in [0.1, 0.15) is 12.4 Å². The number of anilines is 3. The molecule has 0 aliphatic heterocycles. The lowest BCUT2D eigenvalue weighted by atomic mass is 10.2. The number of nitrogen functional groups attached to an aromatic ring is 1. The minimum Gasteiger partial charge on any atom is -0.333 e. The maximum atomic E-state index is 11.1. The molecule has 2 aromatic rings. The number of para-hydroxylation sites is 1. The number of nitro groups is 1. The molecule has 0 fully saturated rings. The van der Waals surface area contributed by atoms with Crippen LogP contribution in [0.15, 0.2) is 30.6 Å². The first-order chi connectivity index (χ1) is 9.67. The minimum absolute atomic E-state index is 0.0550. The molecule has 0 radical (unpaired) electrons. The van der Waals surface area contributed by atoms with Crippen molar-refractivity contribution in [2.24, 2.45) is 5.84 Å². The number of nitrogens with two attached hydrogens (primary N) is 1. The Morgan fingerprint density at radius 3 is 2.65 bits per heavy atom. The maximum Gasteiger partial charge on any atom is 0.354 e. The van der Waals surface area contributed by atoms with Crippen LogP contribution < -0.4 is 16.6 Å².